The monoisotopic (exact) mass is 487 g/mol. The molecule has 0 saturated carbocycles. The van der Waals surface area contributed by atoms with E-state index >= 15 is 0 Å². The van der Waals surface area contributed by atoms with E-state index in [0.717, 1.165) is 11.1 Å². The molecule has 0 atom stereocenters. The Morgan fingerprint density at radius 1 is 0.743 bits per heavy atom. The SMILES string of the molecule is CCOC(=O)C1=C(c2ccccc2)NC(c2ccccc2)=C(C(=O)OCC)C1c1cccc(Cl)c1. The number of benzene rings is 3. The van der Waals surface area contributed by atoms with Crippen LogP contribution in [0.1, 0.15) is 36.5 Å². The predicted molar refractivity (Wildman–Crippen MR) is 137 cm³/mol. The summed E-state index contributed by atoms with van der Waals surface area (Å²) in [5.74, 6) is -1.80. The van der Waals surface area contributed by atoms with Crippen LogP contribution in [0.25, 0.3) is 11.4 Å². The maximum atomic E-state index is 13.5. The predicted octanol–water partition coefficient (Wildman–Crippen LogP) is 5.98. The lowest BCUT2D eigenvalue weighted by Crippen LogP contribution is -2.33. The Balaban J connectivity index is 2.08. The second-order valence-corrected chi connectivity index (χ2v) is 8.30. The van der Waals surface area contributed by atoms with Crippen molar-refractivity contribution >= 4 is 34.9 Å². The van der Waals surface area contributed by atoms with Gasteiger partial charge in [0.15, 0.2) is 0 Å². The van der Waals surface area contributed by atoms with Crippen molar-refractivity contribution in [2.45, 2.75) is 19.8 Å². The fraction of sp³-hybridized carbons (Fsp3) is 0.172. The summed E-state index contributed by atoms with van der Waals surface area (Å²) in [4.78, 5) is 27.0. The van der Waals surface area contributed by atoms with Crippen LogP contribution < -0.4 is 5.32 Å². The fourth-order valence-corrected chi connectivity index (χ4v) is 4.43. The van der Waals surface area contributed by atoms with Crippen molar-refractivity contribution in [3.8, 4) is 0 Å². The first-order chi connectivity index (χ1) is 17.0. The van der Waals surface area contributed by atoms with Crippen molar-refractivity contribution in [1.29, 1.82) is 0 Å². The Hall–Kier alpha value is -3.83. The lowest BCUT2D eigenvalue weighted by atomic mass is 9.78. The Morgan fingerprint density at radius 3 is 1.66 bits per heavy atom. The van der Waals surface area contributed by atoms with Crippen molar-refractivity contribution in [3.05, 3.63) is 118 Å². The quantitative estimate of drug-likeness (QED) is 0.415. The average molecular weight is 488 g/mol. The minimum Gasteiger partial charge on any atom is -0.463 e. The van der Waals surface area contributed by atoms with Gasteiger partial charge in [0.1, 0.15) is 0 Å². The summed E-state index contributed by atoms with van der Waals surface area (Å²) < 4.78 is 11.0. The highest BCUT2D eigenvalue weighted by Crippen LogP contribution is 2.44. The molecule has 178 valence electrons. The molecule has 1 aliphatic heterocycles. The number of carbonyl (C=O) groups excluding carboxylic acids is 2. The van der Waals surface area contributed by atoms with Crippen LogP contribution in [0.3, 0.4) is 0 Å². The van der Waals surface area contributed by atoms with Crippen LogP contribution in [0.2, 0.25) is 5.02 Å². The first-order valence-corrected chi connectivity index (χ1v) is 11.9. The Labute approximate surface area is 210 Å². The largest absolute Gasteiger partial charge is 0.463 e. The van der Waals surface area contributed by atoms with E-state index in [9.17, 15) is 9.59 Å². The van der Waals surface area contributed by atoms with Crippen molar-refractivity contribution < 1.29 is 19.1 Å². The summed E-state index contributed by atoms with van der Waals surface area (Å²) in [7, 11) is 0. The first-order valence-electron chi connectivity index (χ1n) is 11.5. The van der Waals surface area contributed by atoms with Crippen molar-refractivity contribution in [2.24, 2.45) is 0 Å². The molecule has 3 aromatic carbocycles. The van der Waals surface area contributed by atoms with Crippen LogP contribution in [0.15, 0.2) is 96.1 Å². The van der Waals surface area contributed by atoms with E-state index in [1.54, 1.807) is 32.0 Å². The summed E-state index contributed by atoms with van der Waals surface area (Å²) >= 11 is 6.37. The van der Waals surface area contributed by atoms with E-state index in [2.05, 4.69) is 5.32 Å². The van der Waals surface area contributed by atoms with Gasteiger partial charge in [0, 0.05) is 5.02 Å². The molecular weight excluding hydrogens is 462 g/mol. The normalized spacial score (nSPS) is 13.9. The Bertz CT molecular complexity index is 1200. The van der Waals surface area contributed by atoms with Crippen LogP contribution in [0, 0.1) is 0 Å². The first kappa shape index (κ1) is 24.3. The van der Waals surface area contributed by atoms with Gasteiger partial charge in [-0.15, -0.1) is 0 Å². The number of halogens is 1. The van der Waals surface area contributed by atoms with Gasteiger partial charge in [-0.2, -0.15) is 0 Å². The number of dihydropyridines is 1. The van der Waals surface area contributed by atoms with Gasteiger partial charge in [-0.1, -0.05) is 84.4 Å². The zero-order valence-electron chi connectivity index (χ0n) is 19.6. The highest BCUT2D eigenvalue weighted by atomic mass is 35.5. The average Bonchev–Trinajstić information content (AvgIpc) is 2.88. The van der Waals surface area contributed by atoms with Gasteiger partial charge >= 0.3 is 11.9 Å². The maximum Gasteiger partial charge on any atom is 0.337 e. The maximum absolute atomic E-state index is 13.5. The topological polar surface area (TPSA) is 64.6 Å². The van der Waals surface area contributed by atoms with Gasteiger partial charge in [0.25, 0.3) is 0 Å². The lowest BCUT2D eigenvalue weighted by molar-refractivity contribution is -0.139. The minimum absolute atomic E-state index is 0.191. The highest BCUT2D eigenvalue weighted by Gasteiger charge is 2.40. The summed E-state index contributed by atoms with van der Waals surface area (Å²) in [6.45, 7) is 3.89. The molecule has 0 bridgehead atoms. The van der Waals surface area contributed by atoms with E-state index in [1.165, 1.54) is 0 Å². The number of rotatable bonds is 7. The molecule has 5 nitrogen and oxygen atoms in total. The molecule has 1 aliphatic rings. The summed E-state index contributed by atoms with van der Waals surface area (Å²) in [6.07, 6.45) is 0. The number of ether oxygens (including phenoxy) is 2. The minimum atomic E-state index is -0.765. The van der Waals surface area contributed by atoms with Gasteiger partial charge < -0.3 is 14.8 Å². The van der Waals surface area contributed by atoms with Gasteiger partial charge in [-0.3, -0.25) is 0 Å². The zero-order valence-corrected chi connectivity index (χ0v) is 20.3. The molecule has 1 heterocycles. The summed E-state index contributed by atoms with van der Waals surface area (Å²) in [5.41, 5.74) is 4.05. The van der Waals surface area contributed by atoms with E-state index in [1.807, 2.05) is 66.7 Å². The number of esters is 2. The second-order valence-electron chi connectivity index (χ2n) is 7.86. The molecule has 3 aromatic rings. The third-order valence-corrected chi connectivity index (χ3v) is 5.90. The number of carbonyl (C=O) groups is 2. The van der Waals surface area contributed by atoms with Gasteiger partial charge in [-0.05, 0) is 42.7 Å². The van der Waals surface area contributed by atoms with E-state index in [-0.39, 0.29) is 13.2 Å². The Morgan fingerprint density at radius 2 is 1.23 bits per heavy atom. The van der Waals surface area contributed by atoms with Crippen LogP contribution in [0.5, 0.6) is 0 Å². The second kappa shape index (κ2) is 11.1. The van der Waals surface area contributed by atoms with Gasteiger partial charge in [0.2, 0.25) is 0 Å². The van der Waals surface area contributed by atoms with Crippen LogP contribution in [-0.4, -0.2) is 25.2 Å². The smallest absolute Gasteiger partial charge is 0.337 e. The molecule has 0 aromatic heterocycles. The van der Waals surface area contributed by atoms with Crippen molar-refractivity contribution in [3.63, 3.8) is 0 Å². The Kier molecular flexibility index (Phi) is 7.68. The van der Waals surface area contributed by atoms with Gasteiger partial charge in [0.05, 0.1) is 41.7 Å². The molecule has 0 spiro atoms. The molecule has 0 aliphatic carbocycles. The molecule has 0 amide bonds. The third kappa shape index (κ3) is 5.15. The molecule has 0 saturated heterocycles. The van der Waals surface area contributed by atoms with Gasteiger partial charge in [-0.25, -0.2) is 9.59 Å². The zero-order chi connectivity index (χ0) is 24.8. The van der Waals surface area contributed by atoms with E-state index in [0.29, 0.717) is 33.1 Å². The van der Waals surface area contributed by atoms with E-state index in [4.69, 9.17) is 21.1 Å². The van der Waals surface area contributed by atoms with Crippen LogP contribution >= 0.6 is 11.6 Å². The van der Waals surface area contributed by atoms with E-state index < -0.39 is 17.9 Å². The van der Waals surface area contributed by atoms with Crippen LogP contribution in [-0.2, 0) is 19.1 Å². The molecule has 1 N–H and O–H groups in total. The molecule has 0 unspecified atom stereocenters. The summed E-state index contributed by atoms with van der Waals surface area (Å²) in [5, 5.41) is 3.90. The highest BCUT2D eigenvalue weighted by molar-refractivity contribution is 6.30. The summed E-state index contributed by atoms with van der Waals surface area (Å²) in [6, 6.07) is 26.2. The fourth-order valence-electron chi connectivity index (χ4n) is 4.23. The number of hydrogen-bond acceptors (Lipinski definition) is 5. The number of nitrogens with one attached hydrogen (secondary N) is 1. The van der Waals surface area contributed by atoms with Crippen molar-refractivity contribution in [2.75, 3.05) is 13.2 Å². The molecule has 35 heavy (non-hydrogen) atoms. The van der Waals surface area contributed by atoms with Crippen LogP contribution in [0.4, 0.5) is 0 Å². The molecule has 0 fully saturated rings. The molecular formula is C29H26ClNO4. The molecule has 4 rings (SSSR count). The third-order valence-electron chi connectivity index (χ3n) is 5.66. The standard InChI is InChI=1S/C29H26ClNO4/c1-3-34-28(32)24-23(21-16-11-17-22(30)18-21)25(29(33)35-4-2)27(20-14-9-6-10-15-20)31-26(24)19-12-7-5-8-13-19/h5-18,23,31H,3-4H2,1-2H3. The number of hydrogen-bond donors (Lipinski definition) is 1. The van der Waals surface area contributed by atoms with Crippen molar-refractivity contribution in [1.82, 2.24) is 5.32 Å². The molecule has 0 radical (unpaired) electrons. The molecule has 6 heteroatoms. The lowest BCUT2D eigenvalue weighted by Gasteiger charge is -2.33.